The highest BCUT2D eigenvalue weighted by atomic mass is 16.3. The number of β-amino-alcohol motifs (C(OH)–C–C–N with tert-alkyl or cyclic N) is 1. The monoisotopic (exact) mass is 209 g/mol. The quantitative estimate of drug-likeness (QED) is 0.754. The summed E-state index contributed by atoms with van der Waals surface area (Å²) in [4.78, 5) is 13.4. The summed E-state index contributed by atoms with van der Waals surface area (Å²) in [6, 6.07) is 1.84. The first-order chi connectivity index (χ1) is 7.25. The lowest BCUT2D eigenvalue weighted by Gasteiger charge is -2.15. The van der Waals surface area contributed by atoms with Crippen LogP contribution in [0.5, 0.6) is 0 Å². The summed E-state index contributed by atoms with van der Waals surface area (Å²) < 4.78 is 1.74. The Hall–Kier alpha value is -1.36. The summed E-state index contributed by atoms with van der Waals surface area (Å²) >= 11 is 0. The first-order valence-electron chi connectivity index (χ1n) is 5.19. The Kier molecular flexibility index (Phi) is 3.01. The molecule has 1 fully saturated rings. The molecule has 1 aliphatic heterocycles. The molecular formula is C10H15N3O2. The Labute approximate surface area is 88.3 Å². The normalized spacial score (nSPS) is 20.9. The van der Waals surface area contributed by atoms with E-state index in [1.54, 1.807) is 15.8 Å². The van der Waals surface area contributed by atoms with Gasteiger partial charge in [-0.05, 0) is 12.5 Å². The number of carbonyl (C=O) groups excluding carboxylic acids is 1. The van der Waals surface area contributed by atoms with Gasteiger partial charge in [0.25, 0.3) is 0 Å². The van der Waals surface area contributed by atoms with Crippen molar-refractivity contribution in [2.45, 2.75) is 25.5 Å². The van der Waals surface area contributed by atoms with Gasteiger partial charge in [-0.1, -0.05) is 0 Å². The number of hydrogen-bond acceptors (Lipinski definition) is 3. The second-order valence-electron chi connectivity index (χ2n) is 3.80. The molecule has 5 heteroatoms. The molecule has 2 heterocycles. The maximum absolute atomic E-state index is 11.7. The van der Waals surface area contributed by atoms with E-state index in [0.29, 0.717) is 32.5 Å². The van der Waals surface area contributed by atoms with E-state index in [0.717, 1.165) is 0 Å². The van der Waals surface area contributed by atoms with Gasteiger partial charge >= 0.3 is 0 Å². The van der Waals surface area contributed by atoms with Crippen LogP contribution in [0, 0.1) is 0 Å². The van der Waals surface area contributed by atoms with Gasteiger partial charge in [0, 0.05) is 38.4 Å². The first kappa shape index (κ1) is 10.2. The number of rotatable bonds is 3. The van der Waals surface area contributed by atoms with E-state index in [1.165, 1.54) is 0 Å². The summed E-state index contributed by atoms with van der Waals surface area (Å²) in [6.45, 7) is 1.77. The van der Waals surface area contributed by atoms with Crippen LogP contribution < -0.4 is 0 Å². The zero-order valence-electron chi connectivity index (χ0n) is 8.54. The lowest BCUT2D eigenvalue weighted by Crippen LogP contribution is -2.30. The molecule has 0 bridgehead atoms. The highest BCUT2D eigenvalue weighted by molar-refractivity contribution is 5.76. The van der Waals surface area contributed by atoms with Crippen molar-refractivity contribution in [2.75, 3.05) is 13.1 Å². The van der Waals surface area contributed by atoms with Crippen LogP contribution in [-0.2, 0) is 11.3 Å². The number of nitrogens with zero attached hydrogens (tertiary/aromatic N) is 3. The fraction of sp³-hybridized carbons (Fsp3) is 0.600. The largest absolute Gasteiger partial charge is 0.391 e. The average molecular weight is 209 g/mol. The zero-order chi connectivity index (χ0) is 10.7. The lowest BCUT2D eigenvalue weighted by atomic mass is 10.3. The molecule has 15 heavy (non-hydrogen) atoms. The predicted molar refractivity (Wildman–Crippen MR) is 54.0 cm³/mol. The molecule has 1 amide bonds. The zero-order valence-corrected chi connectivity index (χ0v) is 8.54. The Morgan fingerprint density at radius 1 is 1.60 bits per heavy atom. The fourth-order valence-electron chi connectivity index (χ4n) is 1.77. The van der Waals surface area contributed by atoms with Gasteiger partial charge < -0.3 is 10.0 Å². The van der Waals surface area contributed by atoms with Crippen molar-refractivity contribution in [2.24, 2.45) is 0 Å². The van der Waals surface area contributed by atoms with Gasteiger partial charge in [0.05, 0.1) is 6.10 Å². The molecule has 1 aromatic heterocycles. The van der Waals surface area contributed by atoms with Crippen LogP contribution in [0.2, 0.25) is 0 Å². The van der Waals surface area contributed by atoms with Crippen LogP contribution in [0.3, 0.4) is 0 Å². The van der Waals surface area contributed by atoms with Crippen LogP contribution in [-0.4, -0.2) is 44.9 Å². The number of carbonyl (C=O) groups is 1. The van der Waals surface area contributed by atoms with Gasteiger partial charge in [-0.2, -0.15) is 5.10 Å². The molecule has 2 rings (SSSR count). The molecule has 1 aromatic rings. The molecule has 82 valence electrons. The molecule has 0 radical (unpaired) electrons. The van der Waals surface area contributed by atoms with Gasteiger partial charge in [0.1, 0.15) is 0 Å². The Balaban J connectivity index is 1.78. The lowest BCUT2D eigenvalue weighted by molar-refractivity contribution is -0.130. The molecular weight excluding hydrogens is 194 g/mol. The van der Waals surface area contributed by atoms with E-state index in [2.05, 4.69) is 5.10 Å². The summed E-state index contributed by atoms with van der Waals surface area (Å²) in [5, 5.41) is 13.3. The van der Waals surface area contributed by atoms with E-state index in [4.69, 9.17) is 0 Å². The number of hydrogen-bond donors (Lipinski definition) is 1. The smallest absolute Gasteiger partial charge is 0.224 e. The summed E-state index contributed by atoms with van der Waals surface area (Å²) in [6.07, 6.45) is 4.36. The maximum Gasteiger partial charge on any atom is 0.224 e. The van der Waals surface area contributed by atoms with Crippen LogP contribution in [0.1, 0.15) is 12.8 Å². The minimum absolute atomic E-state index is 0.0991. The average Bonchev–Trinajstić information content (AvgIpc) is 2.84. The predicted octanol–water partition coefficient (Wildman–Crippen LogP) is -0.134. The van der Waals surface area contributed by atoms with Crippen molar-refractivity contribution in [3.8, 4) is 0 Å². The molecule has 0 spiro atoms. The minimum Gasteiger partial charge on any atom is -0.391 e. The van der Waals surface area contributed by atoms with Crippen molar-refractivity contribution >= 4 is 5.91 Å². The highest BCUT2D eigenvalue weighted by Gasteiger charge is 2.23. The van der Waals surface area contributed by atoms with Crippen molar-refractivity contribution in [3.63, 3.8) is 0 Å². The van der Waals surface area contributed by atoms with E-state index in [1.807, 2.05) is 12.3 Å². The third-order valence-corrected chi connectivity index (χ3v) is 2.63. The second-order valence-corrected chi connectivity index (χ2v) is 3.80. The van der Waals surface area contributed by atoms with Gasteiger partial charge in [-0.3, -0.25) is 9.48 Å². The molecule has 1 N–H and O–H groups in total. The number of aliphatic hydroxyl groups is 1. The fourth-order valence-corrected chi connectivity index (χ4v) is 1.77. The SMILES string of the molecule is O=C(CCn1cccn1)N1CC[C@@H](O)C1. The second kappa shape index (κ2) is 4.44. The number of aromatic nitrogens is 2. The van der Waals surface area contributed by atoms with Crippen LogP contribution in [0.15, 0.2) is 18.5 Å². The van der Waals surface area contributed by atoms with Crippen molar-refractivity contribution < 1.29 is 9.90 Å². The molecule has 1 saturated heterocycles. The number of amides is 1. The van der Waals surface area contributed by atoms with E-state index < -0.39 is 0 Å². The standard InChI is InChI=1S/C10H15N3O2/c14-9-2-6-12(8-9)10(15)3-7-13-5-1-4-11-13/h1,4-5,9,14H,2-3,6-8H2/t9-/m1/s1. The van der Waals surface area contributed by atoms with E-state index in [9.17, 15) is 9.90 Å². The van der Waals surface area contributed by atoms with Crippen molar-refractivity contribution in [3.05, 3.63) is 18.5 Å². The molecule has 5 nitrogen and oxygen atoms in total. The van der Waals surface area contributed by atoms with E-state index >= 15 is 0 Å². The van der Waals surface area contributed by atoms with Gasteiger partial charge in [-0.15, -0.1) is 0 Å². The minimum atomic E-state index is -0.335. The Morgan fingerprint density at radius 3 is 3.07 bits per heavy atom. The third kappa shape index (κ3) is 2.56. The number of likely N-dealkylation sites (tertiary alicyclic amines) is 1. The molecule has 0 aliphatic carbocycles. The van der Waals surface area contributed by atoms with Gasteiger partial charge in [0.2, 0.25) is 5.91 Å². The maximum atomic E-state index is 11.7. The Morgan fingerprint density at radius 2 is 2.47 bits per heavy atom. The Bertz CT molecular complexity index is 323. The number of aliphatic hydroxyl groups excluding tert-OH is 1. The van der Waals surface area contributed by atoms with Crippen molar-refractivity contribution in [1.29, 1.82) is 0 Å². The first-order valence-corrected chi connectivity index (χ1v) is 5.19. The van der Waals surface area contributed by atoms with Crippen LogP contribution >= 0.6 is 0 Å². The molecule has 0 saturated carbocycles. The van der Waals surface area contributed by atoms with Crippen LogP contribution in [0.25, 0.3) is 0 Å². The highest BCUT2D eigenvalue weighted by Crippen LogP contribution is 2.10. The number of aryl methyl sites for hydroxylation is 1. The summed E-state index contributed by atoms with van der Waals surface area (Å²) in [7, 11) is 0. The van der Waals surface area contributed by atoms with Crippen molar-refractivity contribution in [1.82, 2.24) is 14.7 Å². The molecule has 1 aliphatic rings. The van der Waals surface area contributed by atoms with Crippen LogP contribution in [0.4, 0.5) is 0 Å². The summed E-state index contributed by atoms with van der Waals surface area (Å²) in [5.74, 6) is 0.0991. The molecule has 1 atom stereocenters. The molecule has 0 unspecified atom stereocenters. The molecule has 0 aromatic carbocycles. The third-order valence-electron chi connectivity index (χ3n) is 2.63. The van der Waals surface area contributed by atoms with Gasteiger partial charge in [-0.25, -0.2) is 0 Å². The topological polar surface area (TPSA) is 58.4 Å². The van der Waals surface area contributed by atoms with Gasteiger partial charge in [0.15, 0.2) is 0 Å². The van der Waals surface area contributed by atoms with E-state index in [-0.39, 0.29) is 12.0 Å². The summed E-state index contributed by atoms with van der Waals surface area (Å²) in [5.41, 5.74) is 0.